The number of benzene rings is 3. The molecule has 0 aromatic heterocycles. The summed E-state index contributed by atoms with van der Waals surface area (Å²) in [7, 11) is 0. The van der Waals surface area contributed by atoms with Crippen LogP contribution < -0.4 is 20.7 Å². The molecule has 1 aliphatic rings. The van der Waals surface area contributed by atoms with Gasteiger partial charge < -0.3 is 20.7 Å². The first kappa shape index (κ1) is 24.8. The maximum Gasteiger partial charge on any atom is 0.416 e. The van der Waals surface area contributed by atoms with Crippen molar-refractivity contribution in [3.8, 4) is 5.75 Å². The Morgan fingerprint density at radius 3 is 2.28 bits per heavy atom. The summed E-state index contributed by atoms with van der Waals surface area (Å²) in [5, 5.41) is 7.97. The molecular weight excluding hydrogens is 475 g/mol. The summed E-state index contributed by atoms with van der Waals surface area (Å²) < 4.78 is 43.8. The van der Waals surface area contributed by atoms with E-state index in [1.54, 1.807) is 24.3 Å². The number of alkyl halides is 3. The molecule has 1 saturated carbocycles. The number of nitrogens with one attached hydrogen (secondary N) is 3. The molecule has 0 radical (unpaired) electrons. The Hall–Kier alpha value is -4.34. The normalized spacial score (nSPS) is 13.0. The summed E-state index contributed by atoms with van der Waals surface area (Å²) in [6.45, 7) is -0.439. The van der Waals surface area contributed by atoms with E-state index in [0.29, 0.717) is 16.8 Å². The Labute approximate surface area is 204 Å². The zero-order chi connectivity index (χ0) is 25.7. The molecule has 0 spiro atoms. The van der Waals surface area contributed by atoms with Gasteiger partial charge in [0.2, 0.25) is 0 Å². The van der Waals surface area contributed by atoms with Crippen LogP contribution in [-0.2, 0) is 11.0 Å². The molecule has 0 saturated heterocycles. The van der Waals surface area contributed by atoms with Crippen molar-refractivity contribution < 1.29 is 32.3 Å². The number of halogens is 3. The molecule has 0 atom stereocenters. The third kappa shape index (κ3) is 6.62. The second-order valence-electron chi connectivity index (χ2n) is 8.19. The number of amides is 3. The Bertz CT molecular complexity index is 1270. The van der Waals surface area contributed by atoms with Gasteiger partial charge in [0.1, 0.15) is 5.75 Å². The van der Waals surface area contributed by atoms with Gasteiger partial charge in [-0.25, -0.2) is 0 Å². The lowest BCUT2D eigenvalue weighted by atomic mass is 10.1. The van der Waals surface area contributed by atoms with E-state index in [2.05, 4.69) is 16.0 Å². The number of ether oxygens (including phenoxy) is 1. The molecule has 7 nitrogen and oxygen atoms in total. The predicted octanol–water partition coefficient (Wildman–Crippen LogP) is 4.87. The lowest BCUT2D eigenvalue weighted by Crippen LogP contribution is -2.27. The lowest BCUT2D eigenvalue weighted by molar-refractivity contribution is -0.137. The van der Waals surface area contributed by atoms with Gasteiger partial charge in [0.25, 0.3) is 17.7 Å². The largest absolute Gasteiger partial charge is 0.484 e. The summed E-state index contributed by atoms with van der Waals surface area (Å²) in [4.78, 5) is 37.2. The fourth-order valence-electron chi connectivity index (χ4n) is 3.30. The van der Waals surface area contributed by atoms with Crippen LogP contribution in [0.3, 0.4) is 0 Å². The SMILES string of the molecule is O=C(COc1ccc(C(=O)Nc2ccccc2C(=O)NC2CC2)cc1)Nc1cccc(C(F)(F)F)c1. The molecule has 4 rings (SSSR count). The number of carbonyl (C=O) groups is 3. The van der Waals surface area contributed by atoms with Crippen molar-refractivity contribution in [2.45, 2.75) is 25.1 Å². The van der Waals surface area contributed by atoms with Crippen LogP contribution in [0.5, 0.6) is 5.75 Å². The van der Waals surface area contributed by atoms with Crippen LogP contribution in [0.4, 0.5) is 24.5 Å². The van der Waals surface area contributed by atoms with Crippen LogP contribution in [0, 0.1) is 0 Å². The van der Waals surface area contributed by atoms with E-state index in [1.165, 1.54) is 36.4 Å². The minimum Gasteiger partial charge on any atom is -0.484 e. The zero-order valence-corrected chi connectivity index (χ0v) is 18.9. The summed E-state index contributed by atoms with van der Waals surface area (Å²) in [6, 6.07) is 17.1. The van der Waals surface area contributed by atoms with Crippen LogP contribution in [0.15, 0.2) is 72.8 Å². The van der Waals surface area contributed by atoms with E-state index < -0.39 is 30.2 Å². The summed E-state index contributed by atoms with van der Waals surface area (Å²) in [5.41, 5.74) is 0.169. The lowest BCUT2D eigenvalue weighted by Gasteiger charge is -2.12. The van der Waals surface area contributed by atoms with Gasteiger partial charge in [-0.3, -0.25) is 14.4 Å². The molecule has 3 N–H and O–H groups in total. The Kier molecular flexibility index (Phi) is 7.23. The minimum absolute atomic E-state index is 0.00321. The molecule has 1 fully saturated rings. The van der Waals surface area contributed by atoms with Crippen molar-refractivity contribution in [2.75, 3.05) is 17.2 Å². The maximum absolute atomic E-state index is 12.8. The van der Waals surface area contributed by atoms with Crippen molar-refractivity contribution >= 4 is 29.1 Å². The molecule has 0 unspecified atom stereocenters. The number of rotatable bonds is 8. The van der Waals surface area contributed by atoms with Crippen molar-refractivity contribution in [1.82, 2.24) is 5.32 Å². The molecule has 36 heavy (non-hydrogen) atoms. The first-order chi connectivity index (χ1) is 17.2. The van der Waals surface area contributed by atoms with Crippen molar-refractivity contribution in [2.24, 2.45) is 0 Å². The third-order valence-electron chi connectivity index (χ3n) is 5.29. The van der Waals surface area contributed by atoms with E-state index >= 15 is 0 Å². The monoisotopic (exact) mass is 497 g/mol. The van der Waals surface area contributed by atoms with E-state index in [-0.39, 0.29) is 23.4 Å². The van der Waals surface area contributed by atoms with Gasteiger partial charge in [-0.1, -0.05) is 18.2 Å². The fraction of sp³-hybridized carbons (Fsp3) is 0.192. The van der Waals surface area contributed by atoms with E-state index in [4.69, 9.17) is 4.74 Å². The minimum atomic E-state index is -4.52. The van der Waals surface area contributed by atoms with E-state index in [9.17, 15) is 27.6 Å². The molecule has 0 bridgehead atoms. The molecule has 3 amide bonds. The van der Waals surface area contributed by atoms with Gasteiger partial charge in [-0.15, -0.1) is 0 Å². The van der Waals surface area contributed by atoms with Crippen LogP contribution >= 0.6 is 0 Å². The number of hydrogen-bond donors (Lipinski definition) is 3. The molecule has 3 aromatic carbocycles. The summed E-state index contributed by atoms with van der Waals surface area (Å²) in [6.07, 6.45) is -2.63. The van der Waals surface area contributed by atoms with Gasteiger partial charge in [0.15, 0.2) is 6.61 Å². The highest BCUT2D eigenvalue weighted by atomic mass is 19.4. The topological polar surface area (TPSA) is 96.5 Å². The molecular formula is C26H22F3N3O4. The first-order valence-corrected chi connectivity index (χ1v) is 11.1. The number of hydrogen-bond acceptors (Lipinski definition) is 4. The van der Waals surface area contributed by atoms with Gasteiger partial charge in [0, 0.05) is 17.3 Å². The highest BCUT2D eigenvalue weighted by Crippen LogP contribution is 2.30. The quantitative estimate of drug-likeness (QED) is 0.414. The standard InChI is InChI=1S/C26H22F3N3O4/c27-26(28,29)17-4-3-5-19(14-17)30-23(33)15-36-20-12-8-16(9-13-20)24(34)32-22-7-2-1-6-21(22)25(35)31-18-10-11-18/h1-9,12-14,18H,10-11,15H2,(H,30,33)(H,31,35)(H,32,34). The highest BCUT2D eigenvalue weighted by molar-refractivity contribution is 6.09. The van der Waals surface area contributed by atoms with Crippen LogP contribution in [0.2, 0.25) is 0 Å². The zero-order valence-electron chi connectivity index (χ0n) is 18.9. The second kappa shape index (κ2) is 10.5. The molecule has 1 aliphatic carbocycles. The van der Waals surface area contributed by atoms with Gasteiger partial charge in [0.05, 0.1) is 16.8 Å². The Morgan fingerprint density at radius 2 is 1.58 bits per heavy atom. The first-order valence-electron chi connectivity index (χ1n) is 11.1. The van der Waals surface area contributed by atoms with Crippen LogP contribution in [0.25, 0.3) is 0 Å². The predicted molar refractivity (Wildman–Crippen MR) is 127 cm³/mol. The van der Waals surface area contributed by atoms with E-state index in [1.807, 2.05) is 0 Å². The van der Waals surface area contributed by atoms with Crippen molar-refractivity contribution in [3.05, 3.63) is 89.5 Å². The molecule has 0 aliphatic heterocycles. The smallest absolute Gasteiger partial charge is 0.416 e. The fourth-order valence-corrected chi connectivity index (χ4v) is 3.30. The summed E-state index contributed by atoms with van der Waals surface area (Å²) >= 11 is 0. The number of carbonyl (C=O) groups excluding carboxylic acids is 3. The van der Waals surface area contributed by atoms with Crippen LogP contribution in [-0.4, -0.2) is 30.4 Å². The average Bonchev–Trinajstić information content (AvgIpc) is 3.67. The Morgan fingerprint density at radius 1 is 0.861 bits per heavy atom. The molecule has 10 heteroatoms. The van der Waals surface area contributed by atoms with E-state index in [0.717, 1.165) is 25.0 Å². The van der Waals surface area contributed by atoms with Crippen LogP contribution in [0.1, 0.15) is 39.1 Å². The van der Waals surface area contributed by atoms with Gasteiger partial charge >= 0.3 is 6.18 Å². The number of anilines is 2. The molecule has 3 aromatic rings. The van der Waals surface area contributed by atoms with Gasteiger partial charge in [-0.2, -0.15) is 13.2 Å². The number of para-hydroxylation sites is 1. The maximum atomic E-state index is 12.8. The van der Waals surface area contributed by atoms with Crippen molar-refractivity contribution in [3.63, 3.8) is 0 Å². The molecule has 0 heterocycles. The summed E-state index contributed by atoms with van der Waals surface area (Å²) in [5.74, 6) is -1.04. The van der Waals surface area contributed by atoms with Crippen molar-refractivity contribution in [1.29, 1.82) is 0 Å². The second-order valence-corrected chi connectivity index (χ2v) is 8.19. The highest BCUT2D eigenvalue weighted by Gasteiger charge is 2.30. The average molecular weight is 497 g/mol. The molecule has 186 valence electrons. The van der Waals surface area contributed by atoms with Gasteiger partial charge in [-0.05, 0) is 67.4 Å². The Balaban J connectivity index is 1.31. The third-order valence-corrected chi connectivity index (χ3v) is 5.29.